The molecule has 1 atom stereocenters. The molecule has 6 nitrogen and oxygen atoms in total. The van der Waals surface area contributed by atoms with Crippen LogP contribution < -0.4 is 9.47 Å². The highest BCUT2D eigenvalue weighted by Crippen LogP contribution is 2.39. The first-order valence-electron chi connectivity index (χ1n) is 9.00. The van der Waals surface area contributed by atoms with Crippen LogP contribution in [0, 0.1) is 0 Å². The summed E-state index contributed by atoms with van der Waals surface area (Å²) in [6, 6.07) is 17.6. The zero-order chi connectivity index (χ0) is 19.7. The van der Waals surface area contributed by atoms with Crippen LogP contribution in [0.25, 0.3) is 0 Å². The highest BCUT2D eigenvalue weighted by atomic mass is 32.2. The van der Waals surface area contributed by atoms with Gasteiger partial charge in [0.05, 0.1) is 25.2 Å². The van der Waals surface area contributed by atoms with Crippen LogP contribution in [0.15, 0.2) is 71.8 Å². The Kier molecular flexibility index (Phi) is 4.87. The van der Waals surface area contributed by atoms with E-state index in [0.29, 0.717) is 29.5 Å². The van der Waals surface area contributed by atoms with E-state index in [4.69, 9.17) is 9.47 Å². The highest BCUT2D eigenvalue weighted by Gasteiger charge is 2.37. The van der Waals surface area contributed by atoms with Crippen molar-refractivity contribution in [3.8, 4) is 11.5 Å². The molecule has 0 amide bonds. The molecule has 146 valence electrons. The fourth-order valence-corrected chi connectivity index (χ4v) is 5.31. The fraction of sp³-hybridized carbons (Fsp3) is 0.238. The standard InChI is InChI=1S/C21H22N2O4S/c1-26-19-11-10-16(15-20(19)27-2)21-18-9-6-12-22(18)13-14-23(21)28(24,25)17-7-4-3-5-8-17/h3-12,15,21H,13-14H2,1-2H3. The molecule has 7 heteroatoms. The number of ether oxygens (including phenoxy) is 2. The van der Waals surface area contributed by atoms with Crippen molar-refractivity contribution in [2.24, 2.45) is 0 Å². The summed E-state index contributed by atoms with van der Waals surface area (Å²) < 4.78 is 41.3. The van der Waals surface area contributed by atoms with Crippen LogP contribution in [0.5, 0.6) is 11.5 Å². The van der Waals surface area contributed by atoms with Gasteiger partial charge in [0.25, 0.3) is 0 Å². The van der Waals surface area contributed by atoms with Gasteiger partial charge in [0.1, 0.15) is 0 Å². The van der Waals surface area contributed by atoms with E-state index >= 15 is 0 Å². The smallest absolute Gasteiger partial charge is 0.244 e. The molecule has 0 bridgehead atoms. The van der Waals surface area contributed by atoms with E-state index in [1.165, 1.54) is 0 Å². The van der Waals surface area contributed by atoms with Crippen molar-refractivity contribution in [2.75, 3.05) is 20.8 Å². The lowest BCUT2D eigenvalue weighted by atomic mass is 10.0. The summed E-state index contributed by atoms with van der Waals surface area (Å²) in [6.07, 6.45) is 1.98. The van der Waals surface area contributed by atoms with Crippen LogP contribution in [-0.4, -0.2) is 38.1 Å². The van der Waals surface area contributed by atoms with Gasteiger partial charge in [-0.05, 0) is 42.0 Å². The molecule has 28 heavy (non-hydrogen) atoms. The summed E-state index contributed by atoms with van der Waals surface area (Å²) in [7, 11) is -0.515. The Hall–Kier alpha value is -2.77. The van der Waals surface area contributed by atoms with Crippen molar-refractivity contribution < 1.29 is 17.9 Å². The Balaban J connectivity index is 1.86. The van der Waals surface area contributed by atoms with Gasteiger partial charge in [-0.15, -0.1) is 0 Å². The molecule has 1 aromatic heterocycles. The Morgan fingerprint density at radius 1 is 0.893 bits per heavy atom. The van der Waals surface area contributed by atoms with Gasteiger partial charge >= 0.3 is 0 Å². The average molecular weight is 398 g/mol. The second kappa shape index (κ2) is 7.33. The summed E-state index contributed by atoms with van der Waals surface area (Å²) in [4.78, 5) is 0.292. The van der Waals surface area contributed by atoms with Gasteiger partial charge in [-0.1, -0.05) is 24.3 Å². The third-order valence-electron chi connectivity index (χ3n) is 5.07. The maximum atomic E-state index is 13.4. The lowest BCUT2D eigenvalue weighted by Crippen LogP contribution is -2.42. The predicted molar refractivity (Wildman–Crippen MR) is 106 cm³/mol. The number of rotatable bonds is 5. The molecule has 0 saturated carbocycles. The van der Waals surface area contributed by atoms with Crippen LogP contribution in [0.2, 0.25) is 0 Å². The van der Waals surface area contributed by atoms with Gasteiger partial charge in [0.2, 0.25) is 10.0 Å². The van der Waals surface area contributed by atoms with E-state index in [9.17, 15) is 8.42 Å². The fourth-order valence-electron chi connectivity index (χ4n) is 3.71. The average Bonchev–Trinajstić information content (AvgIpc) is 3.22. The van der Waals surface area contributed by atoms with Gasteiger partial charge in [0, 0.05) is 25.0 Å². The monoisotopic (exact) mass is 398 g/mol. The van der Waals surface area contributed by atoms with Crippen molar-refractivity contribution in [3.63, 3.8) is 0 Å². The topological polar surface area (TPSA) is 60.8 Å². The first-order chi connectivity index (χ1) is 13.6. The largest absolute Gasteiger partial charge is 0.493 e. The zero-order valence-electron chi connectivity index (χ0n) is 15.8. The molecule has 1 unspecified atom stereocenters. The first-order valence-corrected chi connectivity index (χ1v) is 10.4. The maximum Gasteiger partial charge on any atom is 0.244 e. The Morgan fingerprint density at radius 3 is 2.36 bits per heavy atom. The predicted octanol–water partition coefficient (Wildman–Crippen LogP) is 3.30. The molecular weight excluding hydrogens is 376 g/mol. The third kappa shape index (κ3) is 3.06. The van der Waals surface area contributed by atoms with Crippen LogP contribution in [0.3, 0.4) is 0 Å². The zero-order valence-corrected chi connectivity index (χ0v) is 16.6. The molecule has 1 aliphatic heterocycles. The number of aromatic nitrogens is 1. The lowest BCUT2D eigenvalue weighted by molar-refractivity contribution is 0.296. The van der Waals surface area contributed by atoms with Gasteiger partial charge in [-0.2, -0.15) is 4.31 Å². The summed E-state index contributed by atoms with van der Waals surface area (Å²) in [5.74, 6) is 1.18. The number of fused-ring (bicyclic) bond motifs is 1. The van der Waals surface area contributed by atoms with E-state index in [1.54, 1.807) is 42.8 Å². The second-order valence-corrected chi connectivity index (χ2v) is 8.46. The lowest BCUT2D eigenvalue weighted by Gasteiger charge is -2.36. The molecule has 0 N–H and O–H groups in total. The number of sulfonamides is 1. The minimum absolute atomic E-state index is 0.292. The van der Waals surface area contributed by atoms with Crippen molar-refractivity contribution >= 4 is 10.0 Å². The summed E-state index contributed by atoms with van der Waals surface area (Å²) in [5, 5.41) is 0. The van der Waals surface area contributed by atoms with Gasteiger partial charge in [-0.25, -0.2) is 8.42 Å². The number of hydrogen-bond acceptors (Lipinski definition) is 4. The van der Waals surface area contributed by atoms with E-state index in [2.05, 4.69) is 4.57 Å². The van der Waals surface area contributed by atoms with E-state index in [-0.39, 0.29) is 0 Å². The number of hydrogen-bond donors (Lipinski definition) is 0. The van der Waals surface area contributed by atoms with Crippen molar-refractivity contribution in [1.29, 1.82) is 0 Å². The molecule has 0 fully saturated rings. The molecule has 2 aromatic carbocycles. The van der Waals surface area contributed by atoms with Gasteiger partial charge < -0.3 is 14.0 Å². The molecule has 3 aromatic rings. The Bertz CT molecular complexity index is 1080. The Labute approximate surface area is 165 Å². The van der Waals surface area contributed by atoms with E-state index in [0.717, 1.165) is 11.3 Å². The van der Waals surface area contributed by atoms with Crippen molar-refractivity contribution in [1.82, 2.24) is 8.87 Å². The van der Waals surface area contributed by atoms with Crippen molar-refractivity contribution in [3.05, 3.63) is 78.1 Å². The summed E-state index contributed by atoms with van der Waals surface area (Å²) in [6.45, 7) is 0.996. The van der Waals surface area contributed by atoms with E-state index < -0.39 is 16.1 Å². The van der Waals surface area contributed by atoms with Crippen LogP contribution in [0.1, 0.15) is 17.3 Å². The van der Waals surface area contributed by atoms with E-state index in [1.807, 2.05) is 42.6 Å². The third-order valence-corrected chi connectivity index (χ3v) is 6.95. The first kappa shape index (κ1) is 18.6. The van der Waals surface area contributed by atoms with Crippen LogP contribution in [-0.2, 0) is 16.6 Å². The molecule has 2 heterocycles. The minimum Gasteiger partial charge on any atom is -0.493 e. The van der Waals surface area contributed by atoms with Gasteiger partial charge in [0.15, 0.2) is 11.5 Å². The maximum absolute atomic E-state index is 13.4. The second-order valence-electron chi connectivity index (χ2n) is 6.57. The molecule has 0 spiro atoms. The number of nitrogens with zero attached hydrogens (tertiary/aromatic N) is 2. The number of methoxy groups -OCH3 is 2. The summed E-state index contributed by atoms with van der Waals surface area (Å²) in [5.41, 5.74) is 1.76. The molecule has 0 radical (unpaired) electrons. The molecule has 0 saturated heterocycles. The quantitative estimate of drug-likeness (QED) is 0.662. The SMILES string of the molecule is COc1ccc(C2c3cccn3CCN2S(=O)(=O)c2ccccc2)cc1OC. The highest BCUT2D eigenvalue weighted by molar-refractivity contribution is 7.89. The van der Waals surface area contributed by atoms with Gasteiger partial charge in [-0.3, -0.25) is 0 Å². The molecule has 4 rings (SSSR count). The summed E-state index contributed by atoms with van der Waals surface area (Å²) >= 11 is 0. The van der Waals surface area contributed by atoms with Crippen LogP contribution in [0.4, 0.5) is 0 Å². The normalized spacial score (nSPS) is 17.1. The Morgan fingerprint density at radius 2 is 1.64 bits per heavy atom. The molecule has 0 aliphatic carbocycles. The minimum atomic E-state index is -3.67. The van der Waals surface area contributed by atoms with Crippen molar-refractivity contribution in [2.45, 2.75) is 17.5 Å². The molecular formula is C21H22N2O4S. The molecule has 1 aliphatic rings. The van der Waals surface area contributed by atoms with Crippen LogP contribution >= 0.6 is 0 Å². The number of benzene rings is 2.